The molecule has 0 saturated heterocycles. The molecular weight excluding hydrogens is 228 g/mol. The number of hydrogen-bond acceptors (Lipinski definition) is 3. The van der Waals surface area contributed by atoms with Crippen LogP contribution >= 0.6 is 11.6 Å². The van der Waals surface area contributed by atoms with Crippen molar-refractivity contribution in [1.82, 2.24) is 10.3 Å². The van der Waals surface area contributed by atoms with E-state index in [-0.39, 0.29) is 12.5 Å². The van der Waals surface area contributed by atoms with Gasteiger partial charge < -0.3 is 10.4 Å². The molecule has 0 aliphatic heterocycles. The lowest BCUT2D eigenvalue weighted by Gasteiger charge is -2.03. The van der Waals surface area contributed by atoms with Crippen LogP contribution in [0.3, 0.4) is 0 Å². The number of halogens is 1. The van der Waals surface area contributed by atoms with Gasteiger partial charge in [-0.2, -0.15) is 0 Å². The summed E-state index contributed by atoms with van der Waals surface area (Å²) in [5, 5.41) is 11.9. The van der Waals surface area contributed by atoms with E-state index >= 15 is 0 Å². The van der Waals surface area contributed by atoms with Gasteiger partial charge in [0.25, 0.3) is 0 Å². The first-order valence-corrected chi connectivity index (χ1v) is 5.21. The Hall–Kier alpha value is -1.39. The van der Waals surface area contributed by atoms with Gasteiger partial charge in [-0.3, -0.25) is 4.79 Å². The molecule has 1 atom stereocenters. The second-order valence-electron chi connectivity index (χ2n) is 3.34. The molecule has 0 radical (unpaired) electrons. The van der Waals surface area contributed by atoms with Crippen molar-refractivity contribution in [2.45, 2.75) is 13.0 Å². The van der Waals surface area contributed by atoms with Crippen molar-refractivity contribution >= 4 is 23.6 Å². The number of aliphatic hydroxyl groups excluding tert-OH is 1. The van der Waals surface area contributed by atoms with Crippen LogP contribution in [0.2, 0.25) is 5.15 Å². The average molecular weight is 241 g/mol. The second-order valence-corrected chi connectivity index (χ2v) is 3.73. The molecule has 0 aliphatic rings. The van der Waals surface area contributed by atoms with E-state index in [0.717, 1.165) is 5.56 Å². The van der Waals surface area contributed by atoms with Gasteiger partial charge in [-0.05, 0) is 24.6 Å². The zero-order valence-corrected chi connectivity index (χ0v) is 9.61. The monoisotopic (exact) mass is 240 g/mol. The molecule has 1 unspecified atom stereocenters. The highest BCUT2D eigenvalue weighted by atomic mass is 35.5. The van der Waals surface area contributed by atoms with E-state index in [1.54, 1.807) is 31.3 Å². The van der Waals surface area contributed by atoms with Gasteiger partial charge in [0.15, 0.2) is 0 Å². The Bertz CT molecular complexity index is 374. The van der Waals surface area contributed by atoms with E-state index in [1.807, 2.05) is 0 Å². The summed E-state index contributed by atoms with van der Waals surface area (Å²) in [5.41, 5.74) is 0.789. The molecule has 1 rings (SSSR count). The van der Waals surface area contributed by atoms with Gasteiger partial charge in [0.1, 0.15) is 5.15 Å². The Labute approximate surface area is 99.0 Å². The fourth-order valence-electron chi connectivity index (χ4n) is 0.965. The number of amides is 1. The number of nitrogens with zero attached hydrogens (tertiary/aromatic N) is 1. The summed E-state index contributed by atoms with van der Waals surface area (Å²) < 4.78 is 0. The molecular formula is C11H13ClN2O2. The minimum atomic E-state index is -0.547. The van der Waals surface area contributed by atoms with Crippen LogP contribution in [0.5, 0.6) is 0 Å². The quantitative estimate of drug-likeness (QED) is 0.615. The SMILES string of the molecule is CC(O)CNC(=O)/C=C/c1ccc(Cl)nc1. The number of nitrogens with one attached hydrogen (secondary N) is 1. The summed E-state index contributed by atoms with van der Waals surface area (Å²) in [6.07, 6.45) is 4.03. The first-order chi connectivity index (χ1) is 7.58. The molecule has 1 aromatic heterocycles. The van der Waals surface area contributed by atoms with Gasteiger partial charge in [0.2, 0.25) is 5.91 Å². The summed E-state index contributed by atoms with van der Waals surface area (Å²) in [6.45, 7) is 1.84. The van der Waals surface area contributed by atoms with Crippen molar-refractivity contribution in [3.05, 3.63) is 35.1 Å². The fraction of sp³-hybridized carbons (Fsp3) is 0.273. The average Bonchev–Trinajstić information content (AvgIpc) is 2.25. The highest BCUT2D eigenvalue weighted by Gasteiger charge is 1.98. The molecule has 2 N–H and O–H groups in total. The van der Waals surface area contributed by atoms with Crippen molar-refractivity contribution in [2.24, 2.45) is 0 Å². The predicted molar refractivity (Wildman–Crippen MR) is 63.0 cm³/mol. The molecule has 0 fully saturated rings. The number of aromatic nitrogens is 1. The third-order valence-electron chi connectivity index (χ3n) is 1.75. The maximum Gasteiger partial charge on any atom is 0.244 e. The van der Waals surface area contributed by atoms with Crippen LogP contribution in [0.25, 0.3) is 6.08 Å². The lowest BCUT2D eigenvalue weighted by molar-refractivity contribution is -0.116. The number of aliphatic hydroxyl groups is 1. The minimum Gasteiger partial charge on any atom is -0.392 e. The summed E-state index contributed by atoms with van der Waals surface area (Å²) in [5.74, 6) is -0.254. The Kier molecular flexibility index (Phi) is 4.95. The highest BCUT2D eigenvalue weighted by molar-refractivity contribution is 6.29. The summed E-state index contributed by atoms with van der Waals surface area (Å²) in [7, 11) is 0. The van der Waals surface area contributed by atoms with Crippen molar-refractivity contribution in [1.29, 1.82) is 0 Å². The van der Waals surface area contributed by atoms with E-state index < -0.39 is 6.10 Å². The molecule has 1 amide bonds. The fourth-order valence-corrected chi connectivity index (χ4v) is 1.08. The predicted octanol–water partition coefficient (Wildman–Crippen LogP) is 1.25. The molecule has 16 heavy (non-hydrogen) atoms. The smallest absolute Gasteiger partial charge is 0.244 e. The van der Waals surface area contributed by atoms with E-state index in [1.165, 1.54) is 6.08 Å². The lowest BCUT2D eigenvalue weighted by Crippen LogP contribution is -2.28. The number of carbonyl (C=O) groups excluding carboxylic acids is 1. The molecule has 0 spiro atoms. The first kappa shape index (κ1) is 12.7. The van der Waals surface area contributed by atoms with Gasteiger partial charge in [-0.1, -0.05) is 17.7 Å². The van der Waals surface area contributed by atoms with Gasteiger partial charge >= 0.3 is 0 Å². The zero-order chi connectivity index (χ0) is 12.0. The number of rotatable bonds is 4. The van der Waals surface area contributed by atoms with E-state index in [2.05, 4.69) is 10.3 Å². The minimum absolute atomic E-state index is 0.238. The second kappa shape index (κ2) is 6.25. The number of carbonyl (C=O) groups is 1. The largest absolute Gasteiger partial charge is 0.392 e. The van der Waals surface area contributed by atoms with Crippen LogP contribution in [0.1, 0.15) is 12.5 Å². The topological polar surface area (TPSA) is 62.2 Å². The van der Waals surface area contributed by atoms with Crippen molar-refractivity contribution in [3.8, 4) is 0 Å². The number of hydrogen-bond donors (Lipinski definition) is 2. The van der Waals surface area contributed by atoms with E-state index in [9.17, 15) is 4.79 Å². The first-order valence-electron chi connectivity index (χ1n) is 4.83. The zero-order valence-electron chi connectivity index (χ0n) is 8.85. The van der Waals surface area contributed by atoms with Crippen LogP contribution in [0.4, 0.5) is 0 Å². The molecule has 0 aromatic carbocycles. The molecule has 86 valence electrons. The van der Waals surface area contributed by atoms with Gasteiger partial charge in [0, 0.05) is 18.8 Å². The van der Waals surface area contributed by atoms with Crippen LogP contribution in [0.15, 0.2) is 24.4 Å². The van der Waals surface area contributed by atoms with Gasteiger partial charge in [0.05, 0.1) is 6.10 Å². The van der Waals surface area contributed by atoms with E-state index in [4.69, 9.17) is 16.7 Å². The van der Waals surface area contributed by atoms with Crippen LogP contribution in [-0.4, -0.2) is 28.6 Å². The lowest BCUT2D eigenvalue weighted by atomic mass is 10.2. The highest BCUT2D eigenvalue weighted by Crippen LogP contribution is 2.06. The maximum absolute atomic E-state index is 11.2. The molecule has 1 heterocycles. The van der Waals surface area contributed by atoms with Crippen molar-refractivity contribution < 1.29 is 9.90 Å². The standard InChI is InChI=1S/C11H13ClN2O2/c1-8(15)6-14-11(16)5-3-9-2-4-10(12)13-7-9/h2-5,7-8,15H,6H2,1H3,(H,14,16)/b5-3+. The maximum atomic E-state index is 11.2. The van der Waals surface area contributed by atoms with Crippen LogP contribution in [-0.2, 0) is 4.79 Å². The van der Waals surface area contributed by atoms with E-state index in [0.29, 0.717) is 5.15 Å². The van der Waals surface area contributed by atoms with Crippen molar-refractivity contribution in [3.63, 3.8) is 0 Å². The Morgan fingerprint density at radius 2 is 2.44 bits per heavy atom. The summed E-state index contributed by atoms with van der Waals surface area (Å²) >= 11 is 5.62. The van der Waals surface area contributed by atoms with Gasteiger partial charge in [-0.25, -0.2) is 4.98 Å². The summed E-state index contributed by atoms with van der Waals surface area (Å²) in [6, 6.07) is 3.41. The van der Waals surface area contributed by atoms with Gasteiger partial charge in [-0.15, -0.1) is 0 Å². The number of pyridine rings is 1. The molecule has 1 aromatic rings. The molecule has 5 heteroatoms. The van der Waals surface area contributed by atoms with Crippen LogP contribution in [0, 0.1) is 0 Å². The normalized spacial score (nSPS) is 12.7. The molecule has 0 saturated carbocycles. The third-order valence-corrected chi connectivity index (χ3v) is 1.97. The Morgan fingerprint density at radius 1 is 1.69 bits per heavy atom. The molecule has 0 bridgehead atoms. The molecule has 0 aliphatic carbocycles. The van der Waals surface area contributed by atoms with Crippen molar-refractivity contribution in [2.75, 3.05) is 6.54 Å². The molecule has 4 nitrogen and oxygen atoms in total. The Morgan fingerprint density at radius 3 is 3.00 bits per heavy atom. The van der Waals surface area contributed by atoms with Crippen LogP contribution < -0.4 is 5.32 Å². The third kappa shape index (κ3) is 4.91. The summed E-state index contributed by atoms with van der Waals surface area (Å²) in [4.78, 5) is 15.1. The Balaban J connectivity index is 2.47.